The van der Waals surface area contributed by atoms with Gasteiger partial charge in [-0.05, 0) is 38.0 Å². The lowest BCUT2D eigenvalue weighted by Gasteiger charge is -2.22. The molecule has 2 aliphatic carbocycles. The molecule has 1 N–H and O–H groups in total. The van der Waals surface area contributed by atoms with Gasteiger partial charge in [-0.2, -0.15) is 5.10 Å². The average Bonchev–Trinajstić information content (AvgIpc) is 2.92. The van der Waals surface area contributed by atoms with E-state index in [0.29, 0.717) is 0 Å². The Bertz CT molecular complexity index is 344. The monoisotopic (exact) mass is 205 g/mol. The summed E-state index contributed by atoms with van der Waals surface area (Å²) in [6.07, 6.45) is 9.81. The molecule has 82 valence electrons. The molecule has 0 aromatic carbocycles. The summed E-state index contributed by atoms with van der Waals surface area (Å²) in [5.41, 5.74) is 1.20. The smallest absolute Gasteiger partial charge is 0.0728 e. The van der Waals surface area contributed by atoms with Crippen LogP contribution in [-0.4, -0.2) is 15.8 Å². The van der Waals surface area contributed by atoms with Gasteiger partial charge in [0.2, 0.25) is 0 Å². The van der Waals surface area contributed by atoms with Gasteiger partial charge in [0.05, 0.1) is 11.9 Å². The SMILES string of the molecule is CCn1cc(N[C@H]2C[C@H]3CC[C@H]2C3)cn1. The Morgan fingerprint density at radius 3 is 3.00 bits per heavy atom. The van der Waals surface area contributed by atoms with E-state index in [1.54, 1.807) is 0 Å². The molecule has 0 spiro atoms. The first kappa shape index (κ1) is 9.25. The fourth-order valence-electron chi connectivity index (χ4n) is 3.25. The zero-order valence-corrected chi connectivity index (χ0v) is 9.32. The number of anilines is 1. The first-order valence-electron chi connectivity index (χ1n) is 6.14. The molecule has 2 saturated carbocycles. The quantitative estimate of drug-likeness (QED) is 0.821. The molecule has 15 heavy (non-hydrogen) atoms. The molecule has 2 aliphatic rings. The maximum absolute atomic E-state index is 4.29. The van der Waals surface area contributed by atoms with Gasteiger partial charge >= 0.3 is 0 Å². The fraction of sp³-hybridized carbons (Fsp3) is 0.750. The Balaban J connectivity index is 1.65. The van der Waals surface area contributed by atoms with Gasteiger partial charge in [0, 0.05) is 18.8 Å². The number of aryl methyl sites for hydroxylation is 1. The van der Waals surface area contributed by atoms with Crippen molar-refractivity contribution in [1.82, 2.24) is 9.78 Å². The van der Waals surface area contributed by atoms with Crippen molar-refractivity contribution < 1.29 is 0 Å². The zero-order valence-electron chi connectivity index (χ0n) is 9.32. The van der Waals surface area contributed by atoms with Gasteiger partial charge in [-0.25, -0.2) is 0 Å². The van der Waals surface area contributed by atoms with Gasteiger partial charge in [-0.3, -0.25) is 4.68 Å². The van der Waals surface area contributed by atoms with Crippen LogP contribution in [0.2, 0.25) is 0 Å². The Morgan fingerprint density at radius 2 is 2.40 bits per heavy atom. The predicted octanol–water partition coefficient (Wildman–Crippen LogP) is 2.50. The molecule has 0 unspecified atom stereocenters. The van der Waals surface area contributed by atoms with Crippen molar-refractivity contribution in [2.45, 2.75) is 45.2 Å². The van der Waals surface area contributed by atoms with Crippen molar-refractivity contribution in [2.75, 3.05) is 5.32 Å². The normalized spacial score (nSPS) is 33.5. The van der Waals surface area contributed by atoms with Crippen LogP contribution in [0.3, 0.4) is 0 Å². The first-order chi connectivity index (χ1) is 7.35. The van der Waals surface area contributed by atoms with E-state index < -0.39 is 0 Å². The summed E-state index contributed by atoms with van der Waals surface area (Å²) < 4.78 is 1.98. The molecular formula is C12H19N3. The van der Waals surface area contributed by atoms with Crippen LogP contribution in [0.25, 0.3) is 0 Å². The number of rotatable bonds is 3. The van der Waals surface area contributed by atoms with E-state index in [1.165, 1.54) is 31.4 Å². The average molecular weight is 205 g/mol. The van der Waals surface area contributed by atoms with Crippen molar-refractivity contribution in [2.24, 2.45) is 11.8 Å². The minimum Gasteiger partial charge on any atom is -0.379 e. The molecule has 3 nitrogen and oxygen atoms in total. The van der Waals surface area contributed by atoms with Crippen LogP contribution >= 0.6 is 0 Å². The maximum atomic E-state index is 4.29. The van der Waals surface area contributed by atoms with Gasteiger partial charge in [0.15, 0.2) is 0 Å². The number of hydrogen-bond donors (Lipinski definition) is 1. The van der Waals surface area contributed by atoms with Crippen LogP contribution in [0.1, 0.15) is 32.6 Å². The van der Waals surface area contributed by atoms with E-state index in [1.807, 2.05) is 10.9 Å². The van der Waals surface area contributed by atoms with Crippen molar-refractivity contribution in [1.29, 1.82) is 0 Å². The van der Waals surface area contributed by atoms with Crippen LogP contribution in [0.4, 0.5) is 5.69 Å². The third kappa shape index (κ3) is 1.64. The molecule has 1 aromatic heterocycles. The lowest BCUT2D eigenvalue weighted by atomic mass is 9.95. The molecule has 0 radical (unpaired) electrons. The van der Waals surface area contributed by atoms with Crippen molar-refractivity contribution >= 4 is 5.69 Å². The standard InChI is InChI=1S/C12H19N3/c1-2-15-8-11(7-13-15)14-12-6-9-3-4-10(12)5-9/h7-10,12,14H,2-6H2,1H3/t9-,10-,12-/m0/s1. The number of fused-ring (bicyclic) bond motifs is 2. The molecule has 0 saturated heterocycles. The molecule has 0 aliphatic heterocycles. The summed E-state index contributed by atoms with van der Waals surface area (Å²) in [4.78, 5) is 0. The lowest BCUT2D eigenvalue weighted by molar-refractivity contribution is 0.440. The maximum Gasteiger partial charge on any atom is 0.0728 e. The third-order valence-electron chi connectivity index (χ3n) is 4.05. The van der Waals surface area contributed by atoms with Gasteiger partial charge in [-0.1, -0.05) is 6.42 Å². The van der Waals surface area contributed by atoms with Gasteiger partial charge in [-0.15, -0.1) is 0 Å². The molecule has 1 aromatic rings. The van der Waals surface area contributed by atoms with E-state index in [2.05, 4.69) is 23.5 Å². The number of aromatic nitrogens is 2. The summed E-state index contributed by atoms with van der Waals surface area (Å²) >= 11 is 0. The van der Waals surface area contributed by atoms with E-state index in [9.17, 15) is 0 Å². The highest BCUT2D eigenvalue weighted by Gasteiger charge is 2.39. The Hall–Kier alpha value is -0.990. The van der Waals surface area contributed by atoms with E-state index in [0.717, 1.165) is 24.4 Å². The van der Waals surface area contributed by atoms with Crippen LogP contribution in [-0.2, 0) is 6.54 Å². The minimum absolute atomic E-state index is 0.721. The fourth-order valence-corrected chi connectivity index (χ4v) is 3.25. The number of hydrogen-bond acceptors (Lipinski definition) is 2. The topological polar surface area (TPSA) is 29.9 Å². The molecule has 3 atom stereocenters. The van der Waals surface area contributed by atoms with E-state index >= 15 is 0 Å². The summed E-state index contributed by atoms with van der Waals surface area (Å²) in [7, 11) is 0. The van der Waals surface area contributed by atoms with Gasteiger partial charge in [0.1, 0.15) is 0 Å². The molecule has 2 fully saturated rings. The third-order valence-corrected chi connectivity index (χ3v) is 4.05. The largest absolute Gasteiger partial charge is 0.379 e. The zero-order chi connectivity index (χ0) is 10.3. The molecule has 2 bridgehead atoms. The van der Waals surface area contributed by atoms with Crippen LogP contribution in [0, 0.1) is 11.8 Å². The lowest BCUT2D eigenvalue weighted by Crippen LogP contribution is -2.25. The predicted molar refractivity (Wildman–Crippen MR) is 60.8 cm³/mol. The molecule has 1 heterocycles. The van der Waals surface area contributed by atoms with Crippen molar-refractivity contribution in [3.63, 3.8) is 0 Å². The summed E-state index contributed by atoms with van der Waals surface area (Å²) in [6.45, 7) is 3.08. The number of nitrogens with one attached hydrogen (secondary N) is 1. The second kappa shape index (κ2) is 3.54. The highest BCUT2D eigenvalue weighted by atomic mass is 15.3. The number of nitrogens with zero attached hydrogens (tertiary/aromatic N) is 2. The Labute approximate surface area is 90.9 Å². The van der Waals surface area contributed by atoms with Crippen LogP contribution in [0.5, 0.6) is 0 Å². The minimum atomic E-state index is 0.721. The highest BCUT2D eigenvalue weighted by molar-refractivity contribution is 5.40. The second-order valence-corrected chi connectivity index (χ2v) is 5.01. The van der Waals surface area contributed by atoms with Gasteiger partial charge < -0.3 is 5.32 Å². The van der Waals surface area contributed by atoms with Crippen molar-refractivity contribution in [3.8, 4) is 0 Å². The molecular weight excluding hydrogens is 186 g/mol. The molecule has 3 heteroatoms. The summed E-state index contributed by atoms with van der Waals surface area (Å²) in [6, 6.07) is 0.721. The van der Waals surface area contributed by atoms with Crippen LogP contribution < -0.4 is 5.32 Å². The highest BCUT2D eigenvalue weighted by Crippen LogP contribution is 2.45. The van der Waals surface area contributed by atoms with E-state index in [-0.39, 0.29) is 0 Å². The van der Waals surface area contributed by atoms with E-state index in [4.69, 9.17) is 0 Å². The Kier molecular flexibility index (Phi) is 2.19. The molecule has 0 amide bonds. The summed E-state index contributed by atoms with van der Waals surface area (Å²) in [5.74, 6) is 1.94. The summed E-state index contributed by atoms with van der Waals surface area (Å²) in [5, 5.41) is 7.94. The Morgan fingerprint density at radius 1 is 1.47 bits per heavy atom. The first-order valence-corrected chi connectivity index (χ1v) is 6.14. The van der Waals surface area contributed by atoms with Crippen LogP contribution in [0.15, 0.2) is 12.4 Å². The van der Waals surface area contributed by atoms with Gasteiger partial charge in [0.25, 0.3) is 0 Å². The molecule has 3 rings (SSSR count). The van der Waals surface area contributed by atoms with Crippen molar-refractivity contribution in [3.05, 3.63) is 12.4 Å². The second-order valence-electron chi connectivity index (χ2n) is 5.01.